The fraction of sp³-hybridized carbons (Fsp3) is 0.368. The number of para-hydroxylation sites is 3. The highest BCUT2D eigenvalue weighted by Gasteiger charge is 2.24. The summed E-state index contributed by atoms with van der Waals surface area (Å²) in [5, 5.41) is 0. The number of hydrogen-bond acceptors (Lipinski definition) is 6. The quantitative estimate of drug-likeness (QED) is 0.832. The van der Waals surface area contributed by atoms with Gasteiger partial charge in [0.2, 0.25) is 5.75 Å². The molecule has 0 aliphatic carbocycles. The maximum Gasteiger partial charge on any atom is 0.203 e. The minimum absolute atomic E-state index is 0.136. The third kappa shape index (κ3) is 3.44. The Morgan fingerprint density at radius 1 is 0.960 bits per heavy atom. The van der Waals surface area contributed by atoms with Crippen LogP contribution in [0.3, 0.4) is 0 Å². The number of likely N-dealkylation sites (N-methyl/N-ethyl adjacent to an activating group) is 1. The van der Waals surface area contributed by atoms with Crippen LogP contribution in [0.15, 0.2) is 42.5 Å². The lowest BCUT2D eigenvalue weighted by atomic mass is 10.3. The van der Waals surface area contributed by atoms with Crippen LogP contribution in [-0.4, -0.2) is 51.1 Å². The molecule has 4 rings (SSSR count). The molecule has 0 fully saturated rings. The first-order valence-electron chi connectivity index (χ1n) is 8.41. The highest BCUT2D eigenvalue weighted by atomic mass is 16.6. The first-order chi connectivity index (χ1) is 12.3. The zero-order chi connectivity index (χ0) is 17.1. The molecule has 0 spiro atoms. The Labute approximate surface area is 146 Å². The lowest BCUT2D eigenvalue weighted by Gasteiger charge is -2.32. The van der Waals surface area contributed by atoms with Gasteiger partial charge >= 0.3 is 0 Å². The average molecular weight is 343 g/mol. The molecule has 0 saturated heterocycles. The molecule has 0 aromatic heterocycles. The SMILES string of the molecule is CN(CCOc1cccc2c1OCCO2)C1COc2ccccc2O1. The van der Waals surface area contributed by atoms with Gasteiger partial charge in [-0.15, -0.1) is 0 Å². The molecule has 0 N–H and O–H groups in total. The Kier molecular flexibility index (Phi) is 4.52. The van der Waals surface area contributed by atoms with Crippen molar-refractivity contribution in [2.75, 3.05) is 40.0 Å². The Morgan fingerprint density at radius 2 is 1.76 bits per heavy atom. The van der Waals surface area contributed by atoms with Crippen LogP contribution in [0.4, 0.5) is 0 Å². The minimum Gasteiger partial charge on any atom is -0.488 e. The summed E-state index contributed by atoms with van der Waals surface area (Å²) in [6.07, 6.45) is -0.136. The van der Waals surface area contributed by atoms with E-state index in [9.17, 15) is 0 Å². The van der Waals surface area contributed by atoms with Crippen LogP contribution in [0.5, 0.6) is 28.7 Å². The molecule has 0 radical (unpaired) electrons. The van der Waals surface area contributed by atoms with Crippen molar-refractivity contribution in [3.05, 3.63) is 42.5 Å². The first kappa shape index (κ1) is 15.9. The normalized spacial score (nSPS) is 18.1. The van der Waals surface area contributed by atoms with Gasteiger partial charge in [-0.05, 0) is 31.3 Å². The van der Waals surface area contributed by atoms with Crippen molar-refractivity contribution in [3.8, 4) is 28.7 Å². The Balaban J connectivity index is 1.32. The van der Waals surface area contributed by atoms with Gasteiger partial charge < -0.3 is 23.7 Å². The molecule has 2 aromatic carbocycles. The van der Waals surface area contributed by atoms with Crippen LogP contribution in [0, 0.1) is 0 Å². The summed E-state index contributed by atoms with van der Waals surface area (Å²) < 4.78 is 28.9. The molecule has 2 heterocycles. The number of nitrogens with zero attached hydrogens (tertiary/aromatic N) is 1. The molecule has 0 amide bonds. The summed E-state index contributed by atoms with van der Waals surface area (Å²) in [5.41, 5.74) is 0. The summed E-state index contributed by atoms with van der Waals surface area (Å²) in [6.45, 7) is 2.81. The van der Waals surface area contributed by atoms with Crippen molar-refractivity contribution >= 4 is 0 Å². The van der Waals surface area contributed by atoms with E-state index >= 15 is 0 Å². The van der Waals surface area contributed by atoms with Gasteiger partial charge in [-0.1, -0.05) is 18.2 Å². The minimum atomic E-state index is -0.136. The molecular formula is C19H21NO5. The molecule has 1 atom stereocenters. The van der Waals surface area contributed by atoms with E-state index in [1.807, 2.05) is 49.5 Å². The van der Waals surface area contributed by atoms with E-state index in [0.717, 1.165) is 17.2 Å². The molecule has 0 saturated carbocycles. The van der Waals surface area contributed by atoms with Crippen LogP contribution in [0.25, 0.3) is 0 Å². The number of fused-ring (bicyclic) bond motifs is 2. The number of rotatable bonds is 5. The second-order valence-electron chi connectivity index (χ2n) is 5.94. The predicted octanol–water partition coefficient (Wildman–Crippen LogP) is 2.57. The third-order valence-electron chi connectivity index (χ3n) is 4.22. The van der Waals surface area contributed by atoms with E-state index < -0.39 is 0 Å². The van der Waals surface area contributed by atoms with Gasteiger partial charge in [0.1, 0.15) is 26.4 Å². The van der Waals surface area contributed by atoms with Crippen LogP contribution in [0.1, 0.15) is 0 Å². The Hall–Kier alpha value is -2.60. The summed E-state index contributed by atoms with van der Waals surface area (Å²) in [7, 11) is 1.99. The smallest absolute Gasteiger partial charge is 0.203 e. The first-order valence-corrected chi connectivity index (χ1v) is 8.41. The van der Waals surface area contributed by atoms with Crippen LogP contribution < -0.4 is 23.7 Å². The molecule has 2 aliphatic rings. The molecule has 2 aliphatic heterocycles. The van der Waals surface area contributed by atoms with E-state index in [4.69, 9.17) is 23.7 Å². The lowest BCUT2D eigenvalue weighted by Crippen LogP contribution is -2.44. The average Bonchev–Trinajstić information content (AvgIpc) is 2.67. The van der Waals surface area contributed by atoms with Crippen LogP contribution in [-0.2, 0) is 0 Å². The monoisotopic (exact) mass is 343 g/mol. The van der Waals surface area contributed by atoms with Gasteiger partial charge in [0.15, 0.2) is 29.2 Å². The Bertz CT molecular complexity index is 736. The highest BCUT2D eigenvalue weighted by molar-refractivity contribution is 5.51. The van der Waals surface area contributed by atoms with E-state index in [1.165, 1.54) is 0 Å². The predicted molar refractivity (Wildman–Crippen MR) is 91.9 cm³/mol. The zero-order valence-electron chi connectivity index (χ0n) is 14.1. The van der Waals surface area contributed by atoms with Crippen molar-refractivity contribution in [2.45, 2.75) is 6.23 Å². The summed E-state index contributed by atoms with van der Waals surface area (Å²) >= 11 is 0. The maximum atomic E-state index is 5.99. The van der Waals surface area contributed by atoms with Crippen molar-refractivity contribution in [3.63, 3.8) is 0 Å². The van der Waals surface area contributed by atoms with Gasteiger partial charge in [-0.25, -0.2) is 0 Å². The fourth-order valence-electron chi connectivity index (χ4n) is 2.83. The number of ether oxygens (including phenoxy) is 5. The molecule has 2 aromatic rings. The molecule has 25 heavy (non-hydrogen) atoms. The fourth-order valence-corrected chi connectivity index (χ4v) is 2.83. The summed E-state index contributed by atoms with van der Waals surface area (Å²) in [6, 6.07) is 13.4. The second kappa shape index (κ2) is 7.11. The summed E-state index contributed by atoms with van der Waals surface area (Å²) in [5.74, 6) is 3.68. The topological polar surface area (TPSA) is 49.4 Å². The highest BCUT2D eigenvalue weighted by Crippen LogP contribution is 2.39. The molecular weight excluding hydrogens is 322 g/mol. The molecule has 1 unspecified atom stereocenters. The van der Waals surface area contributed by atoms with Crippen molar-refractivity contribution < 1.29 is 23.7 Å². The van der Waals surface area contributed by atoms with E-state index in [2.05, 4.69) is 4.90 Å². The number of hydrogen-bond donors (Lipinski definition) is 0. The van der Waals surface area contributed by atoms with Gasteiger partial charge in [0.25, 0.3) is 0 Å². The van der Waals surface area contributed by atoms with Crippen molar-refractivity contribution in [1.29, 1.82) is 0 Å². The zero-order valence-corrected chi connectivity index (χ0v) is 14.1. The molecule has 132 valence electrons. The summed E-state index contributed by atoms with van der Waals surface area (Å²) in [4.78, 5) is 2.07. The number of benzene rings is 2. The molecule has 6 nitrogen and oxygen atoms in total. The van der Waals surface area contributed by atoms with Gasteiger partial charge in [0, 0.05) is 6.54 Å². The van der Waals surface area contributed by atoms with E-state index in [-0.39, 0.29) is 6.23 Å². The molecule has 6 heteroatoms. The van der Waals surface area contributed by atoms with Crippen molar-refractivity contribution in [2.24, 2.45) is 0 Å². The second-order valence-corrected chi connectivity index (χ2v) is 5.94. The molecule has 0 bridgehead atoms. The van der Waals surface area contributed by atoms with Gasteiger partial charge in [-0.3, -0.25) is 4.90 Å². The maximum absolute atomic E-state index is 5.99. The lowest BCUT2D eigenvalue weighted by molar-refractivity contribution is -0.0199. The van der Waals surface area contributed by atoms with E-state index in [0.29, 0.717) is 44.5 Å². The standard InChI is InChI=1S/C19H21NO5/c1-20(18-13-24-14-5-2-3-6-15(14)25-18)9-10-21-16-7-4-8-17-19(16)23-12-11-22-17/h2-8,18H,9-13H2,1H3. The van der Waals surface area contributed by atoms with E-state index in [1.54, 1.807) is 0 Å². The van der Waals surface area contributed by atoms with Crippen LogP contribution >= 0.6 is 0 Å². The van der Waals surface area contributed by atoms with Crippen molar-refractivity contribution in [1.82, 2.24) is 4.90 Å². The van der Waals surface area contributed by atoms with Gasteiger partial charge in [-0.2, -0.15) is 0 Å². The largest absolute Gasteiger partial charge is 0.488 e. The van der Waals surface area contributed by atoms with Crippen LogP contribution in [0.2, 0.25) is 0 Å². The Morgan fingerprint density at radius 3 is 2.68 bits per heavy atom. The van der Waals surface area contributed by atoms with Gasteiger partial charge in [0.05, 0.1) is 0 Å². The third-order valence-corrected chi connectivity index (χ3v) is 4.22.